The van der Waals surface area contributed by atoms with Crippen molar-refractivity contribution in [3.63, 3.8) is 0 Å². The van der Waals surface area contributed by atoms with Gasteiger partial charge in [0.1, 0.15) is 6.04 Å². The molecule has 2 fully saturated rings. The average Bonchev–Trinajstić information content (AvgIpc) is 2.52. The van der Waals surface area contributed by atoms with Crippen molar-refractivity contribution in [2.45, 2.75) is 30.7 Å². The number of halogens is 4. The molecule has 1 spiro atoms. The van der Waals surface area contributed by atoms with Crippen molar-refractivity contribution in [3.05, 3.63) is 28.5 Å². The largest absolute Gasteiger partial charge is 0.409 e. The Labute approximate surface area is 152 Å². The lowest BCUT2D eigenvalue weighted by molar-refractivity contribution is -0.214. The topological polar surface area (TPSA) is 59.5 Å². The van der Waals surface area contributed by atoms with Crippen LogP contribution in [0.25, 0.3) is 0 Å². The van der Waals surface area contributed by atoms with Crippen molar-refractivity contribution in [3.8, 4) is 0 Å². The Balaban J connectivity index is 1.85. The van der Waals surface area contributed by atoms with Crippen LogP contribution in [0.1, 0.15) is 24.6 Å². The number of hydrogen-bond acceptors (Lipinski definition) is 5. The monoisotopic (exact) mass is 442 g/mol. The number of alkyl halides is 3. The van der Waals surface area contributed by atoms with Crippen LogP contribution < -0.4 is 0 Å². The predicted molar refractivity (Wildman–Crippen MR) is 88.9 cm³/mol. The van der Waals surface area contributed by atoms with Gasteiger partial charge in [0.05, 0.1) is 29.4 Å². The van der Waals surface area contributed by atoms with Crippen LogP contribution >= 0.6 is 15.9 Å². The van der Waals surface area contributed by atoms with E-state index in [1.807, 2.05) is 0 Å². The lowest BCUT2D eigenvalue weighted by Gasteiger charge is -2.47. The van der Waals surface area contributed by atoms with Gasteiger partial charge in [-0.25, -0.2) is 8.42 Å². The standard InChI is InChI=1S/C15H18BrF3N2O3S/c16-11-1-2-12(20-9-11)13(15(17,18)19)21-5-6-24-14(10-21)3-7-25(22,23)8-4-14/h1-2,9,13H,3-8,10H2. The minimum absolute atomic E-state index is 0.0461. The van der Waals surface area contributed by atoms with Gasteiger partial charge in [-0.1, -0.05) is 0 Å². The quantitative estimate of drug-likeness (QED) is 0.704. The number of aromatic nitrogens is 1. The molecular formula is C15H18BrF3N2O3S. The van der Waals surface area contributed by atoms with Crippen molar-refractivity contribution < 1.29 is 26.3 Å². The molecule has 0 radical (unpaired) electrons. The SMILES string of the molecule is O=S1(=O)CCC2(CC1)CN(C(c1ccc(Br)cn1)C(F)(F)F)CCO2. The van der Waals surface area contributed by atoms with E-state index in [0.717, 1.165) is 0 Å². The van der Waals surface area contributed by atoms with Gasteiger partial charge in [-0.2, -0.15) is 13.2 Å². The summed E-state index contributed by atoms with van der Waals surface area (Å²) >= 11 is 3.17. The van der Waals surface area contributed by atoms with E-state index in [2.05, 4.69) is 20.9 Å². The fourth-order valence-corrected chi connectivity index (χ4v) is 5.22. The maximum absolute atomic E-state index is 13.7. The zero-order valence-corrected chi connectivity index (χ0v) is 15.7. The maximum Gasteiger partial charge on any atom is 0.409 e. The molecule has 3 heterocycles. The molecule has 1 atom stereocenters. The maximum atomic E-state index is 13.7. The van der Waals surface area contributed by atoms with Crippen LogP contribution in [0.5, 0.6) is 0 Å². The number of morpholine rings is 1. The first-order valence-corrected chi connectivity index (χ1v) is 10.5. The van der Waals surface area contributed by atoms with Gasteiger partial charge in [0.25, 0.3) is 0 Å². The van der Waals surface area contributed by atoms with E-state index in [-0.39, 0.29) is 49.7 Å². The minimum Gasteiger partial charge on any atom is -0.372 e. The van der Waals surface area contributed by atoms with Gasteiger partial charge >= 0.3 is 6.18 Å². The molecule has 2 saturated heterocycles. The minimum atomic E-state index is -4.49. The number of pyridine rings is 1. The van der Waals surface area contributed by atoms with Gasteiger partial charge in [-0.15, -0.1) is 0 Å². The third kappa shape index (κ3) is 4.35. The van der Waals surface area contributed by atoms with Crippen LogP contribution in [0.15, 0.2) is 22.8 Å². The highest BCUT2D eigenvalue weighted by Crippen LogP contribution is 2.41. The molecule has 2 aliphatic heterocycles. The van der Waals surface area contributed by atoms with Crippen molar-refractivity contribution in [2.24, 2.45) is 0 Å². The molecule has 3 rings (SSSR count). The second kappa shape index (κ2) is 6.79. The molecule has 0 aliphatic carbocycles. The molecule has 2 aliphatic rings. The van der Waals surface area contributed by atoms with Crippen LogP contribution in [0.3, 0.4) is 0 Å². The van der Waals surface area contributed by atoms with Gasteiger partial charge in [0.15, 0.2) is 9.84 Å². The van der Waals surface area contributed by atoms with Gasteiger partial charge in [0.2, 0.25) is 0 Å². The molecule has 0 saturated carbocycles. The Hall–Kier alpha value is -0.710. The smallest absolute Gasteiger partial charge is 0.372 e. The number of ether oxygens (including phenoxy) is 1. The molecular weight excluding hydrogens is 425 g/mol. The van der Waals surface area contributed by atoms with Crippen LogP contribution in [0.2, 0.25) is 0 Å². The third-order valence-electron chi connectivity index (χ3n) is 4.72. The molecule has 0 bridgehead atoms. The van der Waals surface area contributed by atoms with Crippen molar-refractivity contribution >= 4 is 25.8 Å². The first-order chi connectivity index (χ1) is 11.6. The van der Waals surface area contributed by atoms with E-state index in [4.69, 9.17) is 4.74 Å². The third-order valence-corrected chi connectivity index (χ3v) is 6.84. The zero-order valence-electron chi connectivity index (χ0n) is 13.3. The predicted octanol–water partition coefficient (Wildman–Crippen LogP) is 2.73. The Morgan fingerprint density at radius 3 is 2.52 bits per heavy atom. The van der Waals surface area contributed by atoms with Crippen LogP contribution in [0.4, 0.5) is 13.2 Å². The lowest BCUT2D eigenvalue weighted by Crippen LogP contribution is -2.57. The molecule has 5 nitrogen and oxygen atoms in total. The number of rotatable bonds is 2. The molecule has 25 heavy (non-hydrogen) atoms. The lowest BCUT2D eigenvalue weighted by atomic mass is 9.93. The molecule has 0 amide bonds. The molecule has 10 heteroatoms. The van der Waals surface area contributed by atoms with Crippen LogP contribution in [-0.2, 0) is 14.6 Å². The van der Waals surface area contributed by atoms with E-state index in [1.165, 1.54) is 23.2 Å². The Kier molecular flexibility index (Phi) is 5.18. The van der Waals surface area contributed by atoms with E-state index < -0.39 is 27.7 Å². The number of sulfone groups is 1. The van der Waals surface area contributed by atoms with E-state index in [9.17, 15) is 21.6 Å². The normalized spacial score (nSPS) is 25.0. The summed E-state index contributed by atoms with van der Waals surface area (Å²) in [6, 6.07) is 1.06. The highest BCUT2D eigenvalue weighted by molar-refractivity contribution is 9.10. The zero-order chi connectivity index (χ0) is 18.3. The van der Waals surface area contributed by atoms with E-state index >= 15 is 0 Å². The molecule has 1 aromatic heterocycles. The summed E-state index contributed by atoms with van der Waals surface area (Å²) in [7, 11) is -3.12. The first kappa shape index (κ1) is 19.1. The summed E-state index contributed by atoms with van der Waals surface area (Å²) in [6.45, 7) is 0.310. The summed E-state index contributed by atoms with van der Waals surface area (Å²) in [5.74, 6) is -0.0951. The second-order valence-electron chi connectivity index (χ2n) is 6.50. The van der Waals surface area contributed by atoms with Crippen LogP contribution in [-0.4, -0.2) is 61.3 Å². The van der Waals surface area contributed by atoms with Crippen molar-refractivity contribution in [2.75, 3.05) is 31.2 Å². The summed E-state index contributed by atoms with van der Waals surface area (Å²) < 4.78 is 70.9. The highest BCUT2D eigenvalue weighted by atomic mass is 79.9. The van der Waals surface area contributed by atoms with E-state index in [1.54, 1.807) is 0 Å². The summed E-state index contributed by atoms with van der Waals surface area (Å²) in [5, 5.41) is 0. The average molecular weight is 443 g/mol. The first-order valence-electron chi connectivity index (χ1n) is 7.87. The summed E-state index contributed by atoms with van der Waals surface area (Å²) in [6.07, 6.45) is -2.69. The number of hydrogen-bond donors (Lipinski definition) is 0. The van der Waals surface area contributed by atoms with E-state index in [0.29, 0.717) is 4.47 Å². The van der Waals surface area contributed by atoms with Gasteiger partial charge in [-0.3, -0.25) is 9.88 Å². The highest BCUT2D eigenvalue weighted by Gasteiger charge is 2.50. The van der Waals surface area contributed by atoms with Crippen molar-refractivity contribution in [1.82, 2.24) is 9.88 Å². The van der Waals surface area contributed by atoms with Crippen LogP contribution in [0, 0.1) is 0 Å². The summed E-state index contributed by atoms with van der Waals surface area (Å²) in [4.78, 5) is 5.25. The Morgan fingerprint density at radius 2 is 1.96 bits per heavy atom. The number of nitrogens with zero attached hydrogens (tertiary/aromatic N) is 2. The van der Waals surface area contributed by atoms with Gasteiger partial charge in [-0.05, 0) is 40.9 Å². The Morgan fingerprint density at radius 1 is 1.28 bits per heavy atom. The van der Waals surface area contributed by atoms with Gasteiger partial charge < -0.3 is 4.74 Å². The second-order valence-corrected chi connectivity index (χ2v) is 9.72. The molecule has 140 valence electrons. The van der Waals surface area contributed by atoms with Crippen molar-refractivity contribution in [1.29, 1.82) is 0 Å². The summed E-state index contributed by atoms with van der Waals surface area (Å²) in [5.41, 5.74) is -0.904. The fraction of sp³-hybridized carbons (Fsp3) is 0.667. The van der Waals surface area contributed by atoms with Gasteiger partial charge in [0, 0.05) is 23.8 Å². The Bertz CT molecular complexity index is 711. The molecule has 0 aromatic carbocycles. The molecule has 0 N–H and O–H groups in total. The fourth-order valence-electron chi connectivity index (χ4n) is 3.42. The molecule has 1 aromatic rings. The molecule has 1 unspecified atom stereocenters.